The van der Waals surface area contributed by atoms with Crippen molar-refractivity contribution in [3.8, 4) is 0 Å². The molecule has 0 spiro atoms. The van der Waals surface area contributed by atoms with Gasteiger partial charge in [0.1, 0.15) is 0 Å². The molecule has 2 N–H and O–H groups in total. The fraction of sp³-hybridized carbons (Fsp3) is 0. The average molecular weight is 102 g/mol. The van der Waals surface area contributed by atoms with Gasteiger partial charge in [0.2, 0.25) is 6.08 Å². The van der Waals surface area contributed by atoms with Crippen molar-refractivity contribution in [1.29, 1.82) is 5.41 Å². The van der Waals surface area contributed by atoms with Crippen LogP contribution in [0.2, 0.25) is 0 Å². The van der Waals surface area contributed by atoms with Crippen LogP contribution < -0.4 is 0 Å². The van der Waals surface area contributed by atoms with Gasteiger partial charge in [-0.2, -0.15) is 0 Å². The molecule has 0 aliphatic heterocycles. The van der Waals surface area contributed by atoms with E-state index < -0.39 is 0 Å². The zero-order valence-electron chi connectivity index (χ0n) is 3.21. The highest BCUT2D eigenvalue weighted by Gasteiger charge is 1.31. The zero-order valence-corrected chi connectivity index (χ0v) is 3.21. The summed E-state index contributed by atoms with van der Waals surface area (Å²) in [6.45, 7) is 0. The van der Waals surface area contributed by atoms with Gasteiger partial charge in [0.25, 0.3) is 6.08 Å². The molecule has 0 unspecified atom stereocenters. The van der Waals surface area contributed by atoms with E-state index in [1.165, 1.54) is 0 Å². The van der Waals surface area contributed by atoms with Crippen LogP contribution in [-0.4, -0.2) is 17.4 Å². The Morgan fingerprint density at radius 3 is 1.71 bits per heavy atom. The van der Waals surface area contributed by atoms with Crippen molar-refractivity contribution in [3.05, 3.63) is 0 Å². The van der Waals surface area contributed by atoms with Crippen molar-refractivity contribution >= 4 is 12.2 Å². The first-order valence-electron chi connectivity index (χ1n) is 1.08. The lowest BCUT2D eigenvalue weighted by molar-refractivity contribution is 0.315. The van der Waals surface area contributed by atoms with Crippen LogP contribution in [0.3, 0.4) is 0 Å². The zero-order chi connectivity index (χ0) is 6.12. The first kappa shape index (κ1) is 9.12. The summed E-state index contributed by atoms with van der Waals surface area (Å²) in [6, 6.07) is 0. The maximum atomic E-state index is 8.63. The molecule has 0 radical (unpaired) electrons. The van der Waals surface area contributed by atoms with Gasteiger partial charge in [-0.1, -0.05) is 0 Å². The molecule has 0 aromatic carbocycles. The van der Waals surface area contributed by atoms with E-state index in [0.29, 0.717) is 0 Å². The summed E-state index contributed by atoms with van der Waals surface area (Å²) in [5.41, 5.74) is 0. The number of hydrogen-bond donors (Lipinski definition) is 2. The standard InChI is InChI=1S/CHNO2.CHNO/c3-1-2-4;2-1-3/h4H;2H. The van der Waals surface area contributed by atoms with E-state index in [1.807, 2.05) is 5.16 Å². The molecule has 0 aromatic heterocycles. The number of nitrogens with one attached hydrogen (secondary N) is 1. The highest BCUT2D eigenvalue weighted by Crippen LogP contribution is 1.26. The SMILES string of the molecule is N=C=O.O=C=NO. The summed E-state index contributed by atoms with van der Waals surface area (Å²) >= 11 is 0. The number of hydrogen-bond acceptors (Lipinski definition) is 5. The lowest BCUT2D eigenvalue weighted by Gasteiger charge is -1.40. The summed E-state index contributed by atoms with van der Waals surface area (Å²) in [4.78, 5) is 17.0. The second kappa shape index (κ2) is 23.7. The molecule has 0 atom stereocenters. The van der Waals surface area contributed by atoms with E-state index in [0.717, 1.165) is 12.2 Å². The van der Waals surface area contributed by atoms with E-state index in [2.05, 4.69) is 0 Å². The van der Waals surface area contributed by atoms with E-state index in [4.69, 9.17) is 20.2 Å². The Morgan fingerprint density at radius 2 is 1.71 bits per heavy atom. The molecule has 0 aromatic rings. The predicted molar refractivity (Wildman–Crippen MR) is 18.3 cm³/mol. The van der Waals surface area contributed by atoms with Crippen molar-refractivity contribution in [2.24, 2.45) is 5.16 Å². The van der Waals surface area contributed by atoms with Gasteiger partial charge in [-0.3, -0.25) is 0 Å². The smallest absolute Gasteiger partial charge is 0.276 e. The molecule has 5 nitrogen and oxygen atoms in total. The third-order valence-electron chi connectivity index (χ3n) is 0.0408. The Kier molecular flexibility index (Phi) is 30.9. The number of isocyanates is 2. The molecule has 5 heteroatoms. The molecule has 0 aliphatic carbocycles. The van der Waals surface area contributed by atoms with Crippen LogP contribution in [0.5, 0.6) is 0 Å². The largest absolute Gasteiger partial charge is 0.401 e. The summed E-state index contributed by atoms with van der Waals surface area (Å²) in [6.07, 6.45) is 1.61. The Labute approximate surface area is 38.8 Å². The van der Waals surface area contributed by atoms with Gasteiger partial charge in [-0.25, -0.2) is 15.0 Å². The predicted octanol–water partition coefficient (Wildman–Crippen LogP) is -0.388. The second-order valence-electron chi connectivity index (χ2n) is 0.293. The monoisotopic (exact) mass is 102 g/mol. The highest BCUT2D eigenvalue weighted by atomic mass is 16.4. The Hall–Kier alpha value is -1.44. The van der Waals surface area contributed by atoms with Crippen molar-refractivity contribution in [2.45, 2.75) is 0 Å². The van der Waals surface area contributed by atoms with E-state index in [-0.39, 0.29) is 0 Å². The van der Waals surface area contributed by atoms with Crippen LogP contribution in [0.1, 0.15) is 0 Å². The van der Waals surface area contributed by atoms with Gasteiger partial charge in [-0.05, 0) is 0 Å². The van der Waals surface area contributed by atoms with Crippen molar-refractivity contribution in [1.82, 2.24) is 0 Å². The van der Waals surface area contributed by atoms with E-state index in [9.17, 15) is 0 Å². The van der Waals surface area contributed by atoms with E-state index in [1.54, 1.807) is 0 Å². The number of carbonyl (C=O) groups excluding carboxylic acids is 2. The summed E-state index contributed by atoms with van der Waals surface area (Å²) in [5.74, 6) is 0. The summed E-state index contributed by atoms with van der Waals surface area (Å²) < 4.78 is 0. The maximum Gasteiger partial charge on any atom is 0.276 e. The van der Waals surface area contributed by atoms with Gasteiger partial charge in [0, 0.05) is 5.16 Å². The summed E-state index contributed by atoms with van der Waals surface area (Å²) in [7, 11) is 0. The normalized spacial score (nSPS) is 3.43. The van der Waals surface area contributed by atoms with Gasteiger partial charge >= 0.3 is 0 Å². The van der Waals surface area contributed by atoms with Gasteiger partial charge in [0.15, 0.2) is 0 Å². The Morgan fingerprint density at radius 1 is 1.57 bits per heavy atom. The Bertz CT molecular complexity index is 97.5. The van der Waals surface area contributed by atoms with Crippen molar-refractivity contribution in [3.63, 3.8) is 0 Å². The molecule has 38 valence electrons. The molecular weight excluding hydrogens is 100 g/mol. The molecule has 0 rings (SSSR count). The van der Waals surface area contributed by atoms with Crippen LogP contribution in [0, 0.1) is 5.41 Å². The molecular formula is C2H2N2O3. The van der Waals surface area contributed by atoms with Crippen LogP contribution in [0.25, 0.3) is 0 Å². The average Bonchev–Trinajstić information content (AvgIpc) is 1.69. The maximum absolute atomic E-state index is 8.63. The van der Waals surface area contributed by atoms with Gasteiger partial charge < -0.3 is 5.21 Å². The van der Waals surface area contributed by atoms with Gasteiger partial charge in [-0.15, -0.1) is 0 Å². The molecule has 7 heavy (non-hydrogen) atoms. The van der Waals surface area contributed by atoms with Gasteiger partial charge in [0.05, 0.1) is 0 Å². The molecule has 0 fully saturated rings. The highest BCUT2D eigenvalue weighted by molar-refractivity contribution is 5.30. The molecule has 0 aliphatic rings. The second-order valence-corrected chi connectivity index (χ2v) is 0.293. The molecule has 0 heterocycles. The van der Waals surface area contributed by atoms with Crippen LogP contribution in [-0.2, 0) is 9.59 Å². The minimum Gasteiger partial charge on any atom is -0.401 e. The topological polar surface area (TPSA) is 90.6 Å². The lowest BCUT2D eigenvalue weighted by Crippen LogP contribution is -1.40. The third kappa shape index (κ3) is 154. The number of nitrogens with zero attached hydrogens (tertiary/aromatic N) is 1. The van der Waals surface area contributed by atoms with Crippen LogP contribution >= 0.6 is 0 Å². The summed E-state index contributed by atoms with van der Waals surface area (Å²) in [5, 5.41) is 14.4. The first-order chi connectivity index (χ1) is 3.33. The third-order valence-corrected chi connectivity index (χ3v) is 0.0408. The fourth-order valence-electron chi connectivity index (χ4n) is 0. The first-order valence-corrected chi connectivity index (χ1v) is 1.08. The Balaban J connectivity index is 0. The number of rotatable bonds is 0. The van der Waals surface area contributed by atoms with Crippen molar-refractivity contribution < 1.29 is 14.8 Å². The molecule has 0 saturated heterocycles. The van der Waals surface area contributed by atoms with E-state index >= 15 is 0 Å². The lowest BCUT2D eigenvalue weighted by atomic mass is 11.7. The molecule has 0 bridgehead atoms. The quantitative estimate of drug-likeness (QED) is 0.189. The minimum absolute atomic E-state index is 0.750. The van der Waals surface area contributed by atoms with Crippen molar-refractivity contribution in [2.75, 3.05) is 0 Å². The minimum atomic E-state index is 0.750. The molecule has 0 amide bonds. The van der Waals surface area contributed by atoms with Crippen LogP contribution in [0.4, 0.5) is 0 Å². The molecule has 0 saturated carbocycles. The van der Waals surface area contributed by atoms with Crippen LogP contribution in [0.15, 0.2) is 5.16 Å². The fourth-order valence-corrected chi connectivity index (χ4v) is 0.